The molecule has 1 saturated carbocycles. The van der Waals surface area contributed by atoms with Gasteiger partial charge in [-0.15, -0.1) is 0 Å². The molecule has 0 bridgehead atoms. The van der Waals surface area contributed by atoms with Gasteiger partial charge in [-0.2, -0.15) is 0 Å². The van der Waals surface area contributed by atoms with Gasteiger partial charge in [0.25, 0.3) is 5.91 Å². The third-order valence-electron chi connectivity index (χ3n) is 4.39. The van der Waals surface area contributed by atoms with Crippen molar-refractivity contribution < 1.29 is 14.3 Å². The number of ether oxygens (including phenoxy) is 1. The van der Waals surface area contributed by atoms with Gasteiger partial charge < -0.3 is 15.4 Å². The maximum absolute atomic E-state index is 12.1. The van der Waals surface area contributed by atoms with Gasteiger partial charge in [0.2, 0.25) is 5.91 Å². The van der Waals surface area contributed by atoms with Crippen LogP contribution in [0.15, 0.2) is 54.6 Å². The van der Waals surface area contributed by atoms with Gasteiger partial charge in [-0.1, -0.05) is 36.4 Å². The first-order valence-corrected chi connectivity index (χ1v) is 9.53. The fourth-order valence-corrected chi connectivity index (χ4v) is 2.73. The van der Waals surface area contributed by atoms with Gasteiger partial charge in [-0.05, 0) is 49.4 Å². The molecule has 3 rings (SSSR count). The molecule has 27 heavy (non-hydrogen) atoms. The molecule has 1 aliphatic rings. The Morgan fingerprint density at radius 2 is 1.81 bits per heavy atom. The van der Waals surface area contributed by atoms with Crippen LogP contribution in [0.4, 0.5) is 5.69 Å². The molecule has 2 aromatic carbocycles. The molecule has 2 aromatic rings. The van der Waals surface area contributed by atoms with Crippen molar-refractivity contribution in [3.8, 4) is 0 Å². The fourth-order valence-electron chi connectivity index (χ4n) is 2.73. The average Bonchev–Trinajstić information content (AvgIpc) is 3.49. The summed E-state index contributed by atoms with van der Waals surface area (Å²) in [6.45, 7) is 1.22. The minimum Gasteiger partial charge on any atom is -0.381 e. The highest BCUT2D eigenvalue weighted by Crippen LogP contribution is 2.20. The Bertz CT molecular complexity index is 757. The minimum atomic E-state index is -0.0829. The summed E-state index contributed by atoms with van der Waals surface area (Å²) in [6.07, 6.45) is 4.04. The van der Waals surface area contributed by atoms with Gasteiger partial charge in [0.15, 0.2) is 0 Å². The summed E-state index contributed by atoms with van der Waals surface area (Å²) < 4.78 is 5.60. The summed E-state index contributed by atoms with van der Waals surface area (Å²) >= 11 is 0. The molecule has 142 valence electrons. The van der Waals surface area contributed by atoms with Crippen LogP contribution in [-0.4, -0.2) is 31.1 Å². The summed E-state index contributed by atoms with van der Waals surface area (Å²) in [7, 11) is 0. The molecule has 1 aliphatic carbocycles. The van der Waals surface area contributed by atoms with Crippen molar-refractivity contribution in [3.05, 3.63) is 65.7 Å². The second-order valence-electron chi connectivity index (χ2n) is 6.83. The van der Waals surface area contributed by atoms with E-state index in [0.29, 0.717) is 43.3 Å². The van der Waals surface area contributed by atoms with Crippen LogP contribution in [0.2, 0.25) is 0 Å². The Kier molecular flexibility index (Phi) is 6.99. The van der Waals surface area contributed by atoms with Crippen LogP contribution in [0.25, 0.3) is 0 Å². The van der Waals surface area contributed by atoms with Crippen molar-refractivity contribution in [1.29, 1.82) is 0 Å². The number of carbonyl (C=O) groups excluding carboxylic acids is 2. The molecule has 1 fully saturated rings. The third kappa shape index (κ3) is 6.87. The van der Waals surface area contributed by atoms with E-state index in [4.69, 9.17) is 4.74 Å². The number of anilines is 1. The molecule has 0 unspecified atom stereocenters. The van der Waals surface area contributed by atoms with Crippen LogP contribution < -0.4 is 10.6 Å². The molecule has 5 nitrogen and oxygen atoms in total. The zero-order valence-corrected chi connectivity index (χ0v) is 15.4. The summed E-state index contributed by atoms with van der Waals surface area (Å²) in [5.41, 5.74) is 2.47. The van der Waals surface area contributed by atoms with Gasteiger partial charge >= 0.3 is 0 Å². The van der Waals surface area contributed by atoms with Crippen molar-refractivity contribution in [1.82, 2.24) is 5.32 Å². The highest BCUT2D eigenvalue weighted by molar-refractivity contribution is 5.97. The second kappa shape index (κ2) is 9.88. The second-order valence-corrected chi connectivity index (χ2v) is 6.83. The normalized spacial score (nSPS) is 13.2. The first-order valence-electron chi connectivity index (χ1n) is 9.53. The minimum absolute atomic E-state index is 0.0681. The van der Waals surface area contributed by atoms with Crippen LogP contribution in [0, 0.1) is 0 Å². The molecule has 0 aliphatic heterocycles. The lowest BCUT2D eigenvalue weighted by Gasteiger charge is -2.08. The Labute approximate surface area is 160 Å². The Morgan fingerprint density at radius 3 is 2.59 bits per heavy atom. The molecule has 0 heterocycles. The van der Waals surface area contributed by atoms with Crippen LogP contribution in [0.5, 0.6) is 0 Å². The maximum Gasteiger partial charge on any atom is 0.251 e. The van der Waals surface area contributed by atoms with E-state index in [2.05, 4.69) is 22.8 Å². The van der Waals surface area contributed by atoms with Crippen LogP contribution in [0.3, 0.4) is 0 Å². The molecule has 0 saturated heterocycles. The number of hydrogen-bond donors (Lipinski definition) is 2. The lowest BCUT2D eigenvalue weighted by molar-refractivity contribution is -0.116. The van der Waals surface area contributed by atoms with E-state index in [1.54, 1.807) is 24.3 Å². The molecular formula is C22H26N2O3. The number of rotatable bonds is 10. The molecule has 0 radical (unpaired) electrons. The molecule has 2 N–H and O–H groups in total. The molecule has 0 spiro atoms. The van der Waals surface area contributed by atoms with E-state index >= 15 is 0 Å². The van der Waals surface area contributed by atoms with E-state index in [0.717, 1.165) is 19.3 Å². The van der Waals surface area contributed by atoms with Gasteiger partial charge in [-0.3, -0.25) is 9.59 Å². The van der Waals surface area contributed by atoms with Gasteiger partial charge in [0, 0.05) is 30.3 Å². The predicted octanol–water partition coefficient (Wildman–Crippen LogP) is 3.56. The quantitative estimate of drug-likeness (QED) is 0.632. The highest BCUT2D eigenvalue weighted by atomic mass is 16.5. The lowest BCUT2D eigenvalue weighted by Crippen LogP contribution is -2.25. The SMILES string of the molecule is O=C(CCCOCCc1ccccc1)Nc1cccc(C(=O)NC2CC2)c1. The molecular weight excluding hydrogens is 340 g/mol. The topological polar surface area (TPSA) is 67.4 Å². The van der Waals surface area contributed by atoms with Gasteiger partial charge in [0.1, 0.15) is 0 Å². The van der Waals surface area contributed by atoms with E-state index in [1.807, 2.05) is 18.2 Å². The van der Waals surface area contributed by atoms with E-state index in [1.165, 1.54) is 5.56 Å². The number of nitrogens with one attached hydrogen (secondary N) is 2. The van der Waals surface area contributed by atoms with Crippen molar-refractivity contribution >= 4 is 17.5 Å². The number of hydrogen-bond acceptors (Lipinski definition) is 3. The van der Waals surface area contributed by atoms with Crippen molar-refractivity contribution in [2.45, 2.75) is 38.1 Å². The predicted molar refractivity (Wildman–Crippen MR) is 106 cm³/mol. The summed E-state index contributed by atoms with van der Waals surface area (Å²) in [5.74, 6) is -0.151. The van der Waals surface area contributed by atoms with Crippen molar-refractivity contribution in [2.75, 3.05) is 18.5 Å². The van der Waals surface area contributed by atoms with Crippen molar-refractivity contribution in [2.24, 2.45) is 0 Å². The van der Waals surface area contributed by atoms with Gasteiger partial charge in [-0.25, -0.2) is 0 Å². The van der Waals surface area contributed by atoms with Crippen LogP contribution in [0.1, 0.15) is 41.6 Å². The summed E-state index contributed by atoms with van der Waals surface area (Å²) in [4.78, 5) is 24.1. The Balaban J connectivity index is 1.32. The molecule has 0 atom stereocenters. The van der Waals surface area contributed by atoms with Crippen molar-refractivity contribution in [3.63, 3.8) is 0 Å². The highest BCUT2D eigenvalue weighted by Gasteiger charge is 2.23. The van der Waals surface area contributed by atoms with E-state index in [9.17, 15) is 9.59 Å². The monoisotopic (exact) mass is 366 g/mol. The molecule has 5 heteroatoms. The molecule has 0 aromatic heterocycles. The Hall–Kier alpha value is -2.66. The zero-order chi connectivity index (χ0) is 18.9. The van der Waals surface area contributed by atoms with E-state index < -0.39 is 0 Å². The summed E-state index contributed by atoms with van der Waals surface area (Å²) in [6, 6.07) is 17.6. The van der Waals surface area contributed by atoms with Crippen LogP contribution >= 0.6 is 0 Å². The largest absolute Gasteiger partial charge is 0.381 e. The fraction of sp³-hybridized carbons (Fsp3) is 0.364. The number of carbonyl (C=O) groups is 2. The first kappa shape index (κ1) is 19.1. The number of amides is 2. The first-order chi connectivity index (χ1) is 13.2. The van der Waals surface area contributed by atoms with Gasteiger partial charge in [0.05, 0.1) is 6.61 Å². The lowest BCUT2D eigenvalue weighted by atomic mass is 10.2. The standard InChI is InChI=1S/C22H26N2O3/c25-21(10-5-14-27-15-13-17-6-2-1-3-7-17)23-20-9-4-8-18(16-20)22(26)24-19-11-12-19/h1-4,6-9,16,19H,5,10-15H2,(H,23,25)(H,24,26). The zero-order valence-electron chi connectivity index (χ0n) is 15.4. The molecule has 2 amide bonds. The smallest absolute Gasteiger partial charge is 0.251 e. The summed E-state index contributed by atoms with van der Waals surface area (Å²) in [5, 5.41) is 5.80. The number of benzene rings is 2. The van der Waals surface area contributed by atoms with Crippen LogP contribution in [-0.2, 0) is 16.0 Å². The van der Waals surface area contributed by atoms with E-state index in [-0.39, 0.29) is 11.8 Å². The Morgan fingerprint density at radius 1 is 1.00 bits per heavy atom. The average molecular weight is 366 g/mol. The third-order valence-corrected chi connectivity index (χ3v) is 4.39. The maximum atomic E-state index is 12.1.